The van der Waals surface area contributed by atoms with E-state index >= 15 is 0 Å². The maximum Gasteiger partial charge on any atom is 0.192 e. The van der Waals surface area contributed by atoms with Crippen LogP contribution in [0.5, 0.6) is 0 Å². The molecule has 2 rings (SSSR count). The quantitative estimate of drug-likeness (QED) is 0.874. The number of aryl methyl sites for hydroxylation is 2. The normalized spacial score (nSPS) is 12.5. The Labute approximate surface area is 115 Å². The number of hydrogen-bond acceptors (Lipinski definition) is 4. The number of halogens is 1. The molecule has 1 heterocycles. The van der Waals surface area contributed by atoms with E-state index in [2.05, 4.69) is 9.97 Å². The van der Waals surface area contributed by atoms with Crippen molar-refractivity contribution in [1.82, 2.24) is 9.97 Å². The predicted octanol–water partition coefficient (Wildman–Crippen LogP) is 3.44. The van der Waals surface area contributed by atoms with Crippen molar-refractivity contribution in [3.05, 3.63) is 47.0 Å². The lowest BCUT2D eigenvalue weighted by atomic mass is 10.1. The molecule has 0 radical (unpaired) electrons. The highest BCUT2D eigenvalue weighted by Gasteiger charge is 2.12. The minimum Gasteiger partial charge on any atom is -0.389 e. The summed E-state index contributed by atoms with van der Waals surface area (Å²) in [6, 6.07) is 6.25. The first-order valence-electron chi connectivity index (χ1n) is 5.93. The molecule has 1 aromatic carbocycles. The average Bonchev–Trinajstić information content (AvgIpc) is 2.30. The number of aromatic nitrogens is 2. The van der Waals surface area contributed by atoms with Crippen LogP contribution in [-0.4, -0.2) is 15.1 Å². The molecular weight excluding hydrogens is 263 g/mol. The molecule has 19 heavy (non-hydrogen) atoms. The van der Waals surface area contributed by atoms with Gasteiger partial charge in [-0.1, -0.05) is 0 Å². The van der Waals surface area contributed by atoms with Crippen LogP contribution in [0.2, 0.25) is 0 Å². The number of rotatable bonds is 3. The van der Waals surface area contributed by atoms with Gasteiger partial charge < -0.3 is 5.11 Å². The van der Waals surface area contributed by atoms with E-state index in [1.165, 1.54) is 23.9 Å². The van der Waals surface area contributed by atoms with Gasteiger partial charge in [-0.2, -0.15) is 0 Å². The zero-order valence-corrected chi connectivity index (χ0v) is 11.8. The fourth-order valence-electron chi connectivity index (χ4n) is 1.78. The highest BCUT2D eigenvalue weighted by Crippen LogP contribution is 2.32. The monoisotopic (exact) mass is 278 g/mol. The SMILES string of the molecule is Cc1cc(C)nc(Sc2ccc(F)cc2[C@H](C)O)n1. The molecule has 2 aromatic rings. The van der Waals surface area contributed by atoms with Crippen molar-refractivity contribution in [2.75, 3.05) is 0 Å². The Kier molecular flexibility index (Phi) is 4.17. The third-order valence-electron chi connectivity index (χ3n) is 2.58. The van der Waals surface area contributed by atoms with Crippen LogP contribution in [-0.2, 0) is 0 Å². The number of aliphatic hydroxyl groups excluding tert-OH is 1. The minimum atomic E-state index is -0.732. The summed E-state index contributed by atoms with van der Waals surface area (Å²) in [5.41, 5.74) is 2.32. The molecule has 0 spiro atoms. The zero-order valence-electron chi connectivity index (χ0n) is 11.0. The molecular formula is C14H15FN2OS. The largest absolute Gasteiger partial charge is 0.389 e. The van der Waals surface area contributed by atoms with Crippen molar-refractivity contribution < 1.29 is 9.50 Å². The second kappa shape index (κ2) is 5.67. The summed E-state index contributed by atoms with van der Waals surface area (Å²) in [7, 11) is 0. The van der Waals surface area contributed by atoms with Crippen molar-refractivity contribution >= 4 is 11.8 Å². The molecule has 0 aliphatic carbocycles. The summed E-state index contributed by atoms with van der Waals surface area (Å²) in [4.78, 5) is 9.42. The van der Waals surface area contributed by atoms with Crippen LogP contribution >= 0.6 is 11.8 Å². The highest BCUT2D eigenvalue weighted by molar-refractivity contribution is 7.99. The lowest BCUT2D eigenvalue weighted by Crippen LogP contribution is -1.97. The molecule has 5 heteroatoms. The molecule has 0 bridgehead atoms. The Bertz CT molecular complexity index is 582. The summed E-state index contributed by atoms with van der Waals surface area (Å²) in [5, 5.41) is 10.3. The molecule has 0 unspecified atom stereocenters. The number of nitrogens with zero attached hydrogens (tertiary/aromatic N) is 2. The summed E-state index contributed by atoms with van der Waals surface area (Å²) in [6.07, 6.45) is -0.732. The first kappa shape index (κ1) is 14.0. The Morgan fingerprint density at radius 3 is 2.37 bits per heavy atom. The van der Waals surface area contributed by atoms with Crippen molar-refractivity contribution in [2.24, 2.45) is 0 Å². The molecule has 0 aliphatic heterocycles. The fraction of sp³-hybridized carbons (Fsp3) is 0.286. The van der Waals surface area contributed by atoms with E-state index in [1.54, 1.807) is 13.0 Å². The lowest BCUT2D eigenvalue weighted by molar-refractivity contribution is 0.196. The van der Waals surface area contributed by atoms with E-state index in [4.69, 9.17) is 0 Å². The topological polar surface area (TPSA) is 46.0 Å². The van der Waals surface area contributed by atoms with Crippen LogP contribution in [0.3, 0.4) is 0 Å². The van der Waals surface area contributed by atoms with Gasteiger partial charge in [-0.3, -0.25) is 0 Å². The molecule has 1 aromatic heterocycles. The molecule has 0 amide bonds. The smallest absolute Gasteiger partial charge is 0.192 e. The Balaban J connectivity index is 2.37. The molecule has 100 valence electrons. The van der Waals surface area contributed by atoms with Crippen molar-refractivity contribution in [1.29, 1.82) is 0 Å². The zero-order chi connectivity index (χ0) is 14.0. The van der Waals surface area contributed by atoms with Gasteiger partial charge in [-0.05, 0) is 62.4 Å². The fourth-order valence-corrected chi connectivity index (χ4v) is 2.84. The van der Waals surface area contributed by atoms with Crippen LogP contribution in [0.1, 0.15) is 30.0 Å². The molecule has 1 atom stereocenters. The standard InChI is InChI=1S/C14H15FN2OS/c1-8-6-9(2)17-14(16-8)19-13-5-4-11(15)7-12(13)10(3)18/h4-7,10,18H,1-3H3/t10-/m0/s1. The Morgan fingerprint density at radius 1 is 1.16 bits per heavy atom. The molecule has 3 nitrogen and oxygen atoms in total. The third-order valence-corrected chi connectivity index (χ3v) is 3.54. The number of benzene rings is 1. The van der Waals surface area contributed by atoms with Gasteiger partial charge in [0, 0.05) is 16.3 Å². The first-order chi connectivity index (χ1) is 8.95. The minimum absolute atomic E-state index is 0.360. The summed E-state index contributed by atoms with van der Waals surface area (Å²) >= 11 is 1.33. The maximum atomic E-state index is 13.2. The van der Waals surface area contributed by atoms with Gasteiger partial charge in [-0.15, -0.1) is 0 Å². The summed E-state index contributed by atoms with van der Waals surface area (Å²) in [6.45, 7) is 5.42. The predicted molar refractivity (Wildman–Crippen MR) is 72.7 cm³/mol. The van der Waals surface area contributed by atoms with E-state index in [0.29, 0.717) is 10.7 Å². The van der Waals surface area contributed by atoms with Crippen LogP contribution in [0.15, 0.2) is 34.3 Å². The number of aliphatic hydroxyl groups is 1. The van der Waals surface area contributed by atoms with Gasteiger partial charge in [0.2, 0.25) is 0 Å². The first-order valence-corrected chi connectivity index (χ1v) is 6.75. The van der Waals surface area contributed by atoms with E-state index < -0.39 is 6.10 Å². The Hall–Kier alpha value is -1.46. The van der Waals surface area contributed by atoms with Gasteiger partial charge in [0.05, 0.1) is 6.10 Å². The van der Waals surface area contributed by atoms with Crippen LogP contribution in [0.4, 0.5) is 4.39 Å². The highest BCUT2D eigenvalue weighted by atomic mass is 32.2. The second-order valence-corrected chi connectivity index (χ2v) is 5.40. The van der Waals surface area contributed by atoms with Gasteiger partial charge in [0.1, 0.15) is 5.82 Å². The van der Waals surface area contributed by atoms with E-state index in [0.717, 1.165) is 16.3 Å². The number of hydrogen-bond donors (Lipinski definition) is 1. The summed E-state index contributed by atoms with van der Waals surface area (Å²) in [5.74, 6) is -0.360. The van der Waals surface area contributed by atoms with Gasteiger partial charge >= 0.3 is 0 Å². The Morgan fingerprint density at radius 2 is 1.79 bits per heavy atom. The lowest BCUT2D eigenvalue weighted by Gasteiger charge is -2.11. The van der Waals surface area contributed by atoms with Crippen molar-refractivity contribution in [3.8, 4) is 0 Å². The molecule has 1 N–H and O–H groups in total. The van der Waals surface area contributed by atoms with E-state index in [-0.39, 0.29) is 5.82 Å². The van der Waals surface area contributed by atoms with E-state index in [9.17, 15) is 9.50 Å². The van der Waals surface area contributed by atoms with Gasteiger partial charge in [0.25, 0.3) is 0 Å². The van der Waals surface area contributed by atoms with Crippen molar-refractivity contribution in [2.45, 2.75) is 36.9 Å². The maximum absolute atomic E-state index is 13.2. The third kappa shape index (κ3) is 3.52. The average molecular weight is 278 g/mol. The van der Waals surface area contributed by atoms with Crippen molar-refractivity contribution in [3.63, 3.8) is 0 Å². The van der Waals surface area contributed by atoms with Crippen LogP contribution in [0.25, 0.3) is 0 Å². The van der Waals surface area contributed by atoms with E-state index in [1.807, 2.05) is 19.9 Å². The summed E-state index contributed by atoms with van der Waals surface area (Å²) < 4.78 is 13.2. The molecule has 0 aliphatic rings. The molecule has 0 saturated carbocycles. The van der Waals surface area contributed by atoms with Gasteiger partial charge in [-0.25, -0.2) is 14.4 Å². The second-order valence-electron chi connectivity index (χ2n) is 4.39. The van der Waals surface area contributed by atoms with Gasteiger partial charge in [0.15, 0.2) is 5.16 Å². The van der Waals surface area contributed by atoms with Crippen LogP contribution < -0.4 is 0 Å². The molecule has 0 fully saturated rings. The molecule has 0 saturated heterocycles. The van der Waals surface area contributed by atoms with Crippen LogP contribution in [0, 0.1) is 19.7 Å².